The standard InChI is InChI=1S/C25H28N6O/c1-26-25(29-16-20-6-4-7-21(14-20)17-31-19-27-18-30-31)28-12-5-13-32-24-11-10-22-8-2-3-9-23(22)15-24/h2-4,6-11,14-15,18-19H,5,12-13,16-17H2,1H3,(H2,26,28,29). The summed E-state index contributed by atoms with van der Waals surface area (Å²) in [6, 6.07) is 22.9. The first-order chi connectivity index (χ1) is 15.8. The fourth-order valence-corrected chi connectivity index (χ4v) is 3.47. The predicted octanol–water partition coefficient (Wildman–Crippen LogP) is 3.61. The van der Waals surface area contributed by atoms with E-state index in [1.165, 1.54) is 21.9 Å². The van der Waals surface area contributed by atoms with Crippen molar-refractivity contribution in [3.63, 3.8) is 0 Å². The average Bonchev–Trinajstić information content (AvgIpc) is 3.34. The van der Waals surface area contributed by atoms with Gasteiger partial charge in [-0.1, -0.05) is 54.6 Å². The lowest BCUT2D eigenvalue weighted by Crippen LogP contribution is -2.37. The van der Waals surface area contributed by atoms with Gasteiger partial charge in [-0.25, -0.2) is 9.67 Å². The zero-order chi connectivity index (χ0) is 22.0. The van der Waals surface area contributed by atoms with Crippen LogP contribution in [0.2, 0.25) is 0 Å². The fraction of sp³-hybridized carbons (Fsp3) is 0.240. The number of rotatable bonds is 9. The third kappa shape index (κ3) is 6.07. The maximum Gasteiger partial charge on any atom is 0.191 e. The van der Waals surface area contributed by atoms with Crippen molar-refractivity contribution < 1.29 is 4.74 Å². The molecule has 4 rings (SSSR count). The van der Waals surface area contributed by atoms with Crippen molar-refractivity contribution in [2.75, 3.05) is 20.2 Å². The first-order valence-electron chi connectivity index (χ1n) is 10.8. The van der Waals surface area contributed by atoms with Gasteiger partial charge < -0.3 is 15.4 Å². The number of hydrogen-bond donors (Lipinski definition) is 2. The van der Waals surface area contributed by atoms with Gasteiger partial charge in [-0.15, -0.1) is 0 Å². The molecule has 0 amide bonds. The summed E-state index contributed by atoms with van der Waals surface area (Å²) in [5.41, 5.74) is 2.37. The second-order valence-corrected chi connectivity index (χ2v) is 7.48. The van der Waals surface area contributed by atoms with Crippen LogP contribution in [0.1, 0.15) is 17.5 Å². The van der Waals surface area contributed by atoms with Gasteiger partial charge >= 0.3 is 0 Å². The first-order valence-corrected chi connectivity index (χ1v) is 10.8. The Labute approximate surface area is 188 Å². The Morgan fingerprint density at radius 1 is 0.969 bits per heavy atom. The van der Waals surface area contributed by atoms with Crippen molar-refractivity contribution in [1.29, 1.82) is 0 Å². The summed E-state index contributed by atoms with van der Waals surface area (Å²) in [5, 5.41) is 13.3. The first kappa shape index (κ1) is 21.4. The summed E-state index contributed by atoms with van der Waals surface area (Å²) in [6.07, 6.45) is 4.15. The molecule has 1 heterocycles. The highest BCUT2D eigenvalue weighted by Gasteiger charge is 2.02. The summed E-state index contributed by atoms with van der Waals surface area (Å²) in [6.45, 7) is 2.82. The van der Waals surface area contributed by atoms with Gasteiger partial charge in [0.1, 0.15) is 18.4 Å². The Morgan fingerprint density at radius 3 is 2.69 bits per heavy atom. The maximum atomic E-state index is 5.90. The van der Waals surface area contributed by atoms with Crippen LogP contribution >= 0.6 is 0 Å². The number of fused-ring (bicyclic) bond motifs is 1. The molecule has 0 aliphatic heterocycles. The molecule has 0 atom stereocenters. The summed E-state index contributed by atoms with van der Waals surface area (Å²) >= 11 is 0. The van der Waals surface area contributed by atoms with Gasteiger partial charge in [-0.3, -0.25) is 4.99 Å². The average molecular weight is 429 g/mol. The van der Waals surface area contributed by atoms with Crippen LogP contribution in [0.25, 0.3) is 10.8 Å². The number of ether oxygens (including phenoxy) is 1. The number of guanidine groups is 1. The number of nitrogens with one attached hydrogen (secondary N) is 2. The molecular weight excluding hydrogens is 400 g/mol. The Balaban J connectivity index is 1.18. The highest BCUT2D eigenvalue weighted by atomic mass is 16.5. The largest absolute Gasteiger partial charge is 0.494 e. The SMILES string of the molecule is CN=C(NCCCOc1ccc2ccccc2c1)NCc1cccc(Cn2cncn2)c1. The number of benzene rings is 3. The van der Waals surface area contributed by atoms with Gasteiger partial charge in [-0.2, -0.15) is 5.10 Å². The second-order valence-electron chi connectivity index (χ2n) is 7.48. The zero-order valence-corrected chi connectivity index (χ0v) is 18.2. The van der Waals surface area contributed by atoms with Gasteiger partial charge in [0, 0.05) is 20.1 Å². The van der Waals surface area contributed by atoms with Crippen LogP contribution in [0.3, 0.4) is 0 Å². The van der Waals surface area contributed by atoms with Crippen LogP contribution in [-0.2, 0) is 13.1 Å². The van der Waals surface area contributed by atoms with E-state index in [0.29, 0.717) is 19.7 Å². The summed E-state index contributed by atoms with van der Waals surface area (Å²) in [4.78, 5) is 8.30. The van der Waals surface area contributed by atoms with E-state index in [1.54, 1.807) is 19.7 Å². The molecule has 0 radical (unpaired) electrons. The molecule has 0 saturated carbocycles. The lowest BCUT2D eigenvalue weighted by atomic mass is 10.1. The summed E-state index contributed by atoms with van der Waals surface area (Å²) in [7, 11) is 1.78. The van der Waals surface area contributed by atoms with E-state index >= 15 is 0 Å². The minimum atomic E-state index is 0.646. The number of nitrogens with zero attached hydrogens (tertiary/aromatic N) is 4. The maximum absolute atomic E-state index is 5.90. The van der Waals surface area contributed by atoms with Gasteiger partial charge in [-0.05, 0) is 40.5 Å². The molecule has 7 heteroatoms. The molecule has 2 N–H and O–H groups in total. The second kappa shape index (κ2) is 10.9. The molecule has 0 aliphatic rings. The lowest BCUT2D eigenvalue weighted by Gasteiger charge is -2.13. The third-order valence-electron chi connectivity index (χ3n) is 5.09. The van der Waals surface area contributed by atoms with E-state index in [9.17, 15) is 0 Å². The summed E-state index contributed by atoms with van der Waals surface area (Å²) in [5.74, 6) is 1.68. The number of hydrogen-bond acceptors (Lipinski definition) is 4. The van der Waals surface area contributed by atoms with E-state index in [0.717, 1.165) is 24.7 Å². The van der Waals surface area contributed by atoms with Crippen molar-refractivity contribution in [1.82, 2.24) is 25.4 Å². The van der Waals surface area contributed by atoms with E-state index in [2.05, 4.69) is 74.2 Å². The zero-order valence-electron chi connectivity index (χ0n) is 18.2. The van der Waals surface area contributed by atoms with E-state index < -0.39 is 0 Å². The topological polar surface area (TPSA) is 76.4 Å². The monoisotopic (exact) mass is 428 g/mol. The molecule has 0 spiro atoms. The summed E-state index contributed by atoms with van der Waals surface area (Å²) < 4.78 is 7.72. The molecule has 7 nitrogen and oxygen atoms in total. The smallest absolute Gasteiger partial charge is 0.191 e. The van der Waals surface area contributed by atoms with Crippen LogP contribution in [0.4, 0.5) is 0 Å². The molecule has 0 aliphatic carbocycles. The van der Waals surface area contributed by atoms with Crippen LogP contribution in [0.5, 0.6) is 5.75 Å². The van der Waals surface area contributed by atoms with E-state index in [-0.39, 0.29) is 0 Å². The van der Waals surface area contributed by atoms with Crippen molar-refractivity contribution in [2.45, 2.75) is 19.5 Å². The van der Waals surface area contributed by atoms with Gasteiger partial charge in [0.25, 0.3) is 0 Å². The third-order valence-corrected chi connectivity index (χ3v) is 5.09. The van der Waals surface area contributed by atoms with Crippen molar-refractivity contribution in [2.24, 2.45) is 4.99 Å². The minimum Gasteiger partial charge on any atom is -0.494 e. The molecule has 0 fully saturated rings. The number of aliphatic imine (C=N–C) groups is 1. The fourth-order valence-electron chi connectivity index (χ4n) is 3.47. The van der Waals surface area contributed by atoms with Crippen molar-refractivity contribution in [3.05, 3.63) is 90.5 Å². The highest BCUT2D eigenvalue weighted by molar-refractivity contribution is 5.83. The van der Waals surface area contributed by atoms with Gasteiger partial charge in [0.05, 0.1) is 13.2 Å². The molecule has 0 bridgehead atoms. The van der Waals surface area contributed by atoms with Crippen LogP contribution in [0, 0.1) is 0 Å². The molecular formula is C25H28N6O. The lowest BCUT2D eigenvalue weighted by molar-refractivity contribution is 0.311. The van der Waals surface area contributed by atoms with Crippen molar-refractivity contribution >= 4 is 16.7 Å². The van der Waals surface area contributed by atoms with Gasteiger partial charge in [0.2, 0.25) is 0 Å². The predicted molar refractivity (Wildman–Crippen MR) is 128 cm³/mol. The minimum absolute atomic E-state index is 0.646. The molecule has 0 saturated heterocycles. The molecule has 3 aromatic carbocycles. The Bertz CT molecular complexity index is 1160. The quantitative estimate of drug-likeness (QED) is 0.242. The van der Waals surface area contributed by atoms with Crippen LogP contribution in [0.15, 0.2) is 84.4 Å². The van der Waals surface area contributed by atoms with E-state index in [4.69, 9.17) is 4.74 Å². The molecule has 164 valence electrons. The van der Waals surface area contributed by atoms with E-state index in [1.807, 2.05) is 22.9 Å². The molecule has 32 heavy (non-hydrogen) atoms. The Morgan fingerprint density at radius 2 is 1.84 bits per heavy atom. The normalized spacial score (nSPS) is 11.5. The van der Waals surface area contributed by atoms with Crippen LogP contribution in [-0.4, -0.2) is 40.9 Å². The Hall–Kier alpha value is -3.87. The molecule has 1 aromatic heterocycles. The van der Waals surface area contributed by atoms with Crippen molar-refractivity contribution in [3.8, 4) is 5.75 Å². The van der Waals surface area contributed by atoms with Crippen LogP contribution < -0.4 is 15.4 Å². The van der Waals surface area contributed by atoms with Gasteiger partial charge in [0.15, 0.2) is 5.96 Å². The molecule has 0 unspecified atom stereocenters. The highest BCUT2D eigenvalue weighted by Crippen LogP contribution is 2.20. The Kier molecular flexibility index (Phi) is 7.31. The number of aromatic nitrogens is 3. The molecule has 4 aromatic rings.